The van der Waals surface area contributed by atoms with Gasteiger partial charge >= 0.3 is 0 Å². The summed E-state index contributed by atoms with van der Waals surface area (Å²) in [6.07, 6.45) is 9.05. The molecule has 1 aromatic rings. The first-order valence-corrected chi connectivity index (χ1v) is 7.34. The van der Waals surface area contributed by atoms with Crippen molar-refractivity contribution in [3.63, 3.8) is 0 Å². The van der Waals surface area contributed by atoms with Crippen LogP contribution in [0.5, 0.6) is 0 Å². The van der Waals surface area contributed by atoms with Gasteiger partial charge in [-0.25, -0.2) is 0 Å². The summed E-state index contributed by atoms with van der Waals surface area (Å²) >= 11 is 3.81. The molecule has 0 saturated carbocycles. The molecule has 0 N–H and O–H groups in total. The van der Waals surface area contributed by atoms with Crippen LogP contribution in [0.4, 0.5) is 0 Å². The van der Waals surface area contributed by atoms with E-state index in [-0.39, 0.29) is 0 Å². The van der Waals surface area contributed by atoms with Crippen molar-refractivity contribution in [2.75, 3.05) is 6.61 Å². The number of nitrogens with zero attached hydrogens (tertiary/aromatic N) is 1. The van der Waals surface area contributed by atoms with Gasteiger partial charge in [-0.1, -0.05) is 22.9 Å². The van der Waals surface area contributed by atoms with Crippen molar-refractivity contribution < 1.29 is 4.74 Å². The zero-order valence-electron chi connectivity index (χ0n) is 10.3. The molecular weight excluding hydrogens is 278 g/mol. The normalized spacial score (nSPS) is 23.5. The van der Waals surface area contributed by atoms with Crippen molar-refractivity contribution in [2.24, 2.45) is 0 Å². The Hall–Kier alpha value is -0.410. The lowest BCUT2D eigenvalue weighted by atomic mass is 9.95. The van der Waals surface area contributed by atoms with Crippen LogP contribution in [0, 0.1) is 0 Å². The van der Waals surface area contributed by atoms with Crippen molar-refractivity contribution in [2.45, 2.75) is 49.5 Å². The Balaban J connectivity index is 1.80. The summed E-state index contributed by atoms with van der Waals surface area (Å²) in [5.41, 5.74) is 1.36. The van der Waals surface area contributed by atoms with Gasteiger partial charge in [-0.15, -0.1) is 0 Å². The Morgan fingerprint density at radius 2 is 2.24 bits per heavy atom. The van der Waals surface area contributed by atoms with Gasteiger partial charge in [-0.2, -0.15) is 0 Å². The molecule has 0 aromatic carbocycles. The summed E-state index contributed by atoms with van der Waals surface area (Å²) in [7, 11) is 0. The maximum absolute atomic E-state index is 5.66. The molecular formula is C14H20BrNO. The van der Waals surface area contributed by atoms with Gasteiger partial charge < -0.3 is 4.74 Å². The molecule has 3 heteroatoms. The quantitative estimate of drug-likeness (QED) is 0.769. The highest BCUT2D eigenvalue weighted by Crippen LogP contribution is 2.29. The maximum atomic E-state index is 5.66. The van der Waals surface area contributed by atoms with Gasteiger partial charge in [-0.3, -0.25) is 4.98 Å². The number of aromatic nitrogens is 1. The lowest BCUT2D eigenvalue weighted by Gasteiger charge is -2.20. The fourth-order valence-electron chi connectivity index (χ4n) is 2.34. The largest absolute Gasteiger partial charge is 0.378 e. The lowest BCUT2D eigenvalue weighted by molar-refractivity contribution is 0.102. The minimum atomic E-state index is 0.500. The highest BCUT2D eigenvalue weighted by molar-refractivity contribution is 9.09. The topological polar surface area (TPSA) is 22.1 Å². The van der Waals surface area contributed by atoms with E-state index in [0.717, 1.165) is 6.61 Å². The van der Waals surface area contributed by atoms with E-state index in [1.54, 1.807) is 0 Å². The number of ether oxygens (including phenoxy) is 1. The first-order chi connectivity index (χ1) is 8.27. The zero-order valence-corrected chi connectivity index (χ0v) is 11.9. The third kappa shape index (κ3) is 3.78. The van der Waals surface area contributed by atoms with Gasteiger partial charge in [0.05, 0.1) is 6.10 Å². The molecule has 1 fully saturated rings. The van der Waals surface area contributed by atoms with Crippen LogP contribution in [-0.4, -0.2) is 22.5 Å². The maximum Gasteiger partial charge on any atom is 0.0576 e. The zero-order chi connectivity index (χ0) is 12.1. The monoisotopic (exact) mass is 297 g/mol. The predicted molar refractivity (Wildman–Crippen MR) is 73.6 cm³/mol. The van der Waals surface area contributed by atoms with Crippen LogP contribution in [0.25, 0.3) is 0 Å². The molecule has 2 rings (SSSR count). The van der Waals surface area contributed by atoms with Gasteiger partial charge in [0.25, 0.3) is 0 Å². The van der Waals surface area contributed by atoms with Crippen LogP contribution in [-0.2, 0) is 4.74 Å². The van der Waals surface area contributed by atoms with Gasteiger partial charge in [0.2, 0.25) is 0 Å². The second-order valence-corrected chi connectivity index (χ2v) is 5.97. The number of hydrogen-bond acceptors (Lipinski definition) is 2. The van der Waals surface area contributed by atoms with Gasteiger partial charge in [0, 0.05) is 23.8 Å². The average molecular weight is 298 g/mol. The van der Waals surface area contributed by atoms with Gasteiger partial charge in [0.1, 0.15) is 0 Å². The molecule has 2 heterocycles. The van der Waals surface area contributed by atoms with E-state index in [9.17, 15) is 0 Å². The Bertz CT molecular complexity index is 324. The fraction of sp³-hybridized carbons (Fsp3) is 0.643. The molecule has 0 spiro atoms. The molecule has 0 radical (unpaired) electrons. The van der Waals surface area contributed by atoms with E-state index >= 15 is 0 Å². The minimum Gasteiger partial charge on any atom is -0.378 e. The van der Waals surface area contributed by atoms with Crippen LogP contribution in [0.2, 0.25) is 0 Å². The smallest absolute Gasteiger partial charge is 0.0576 e. The molecule has 1 aliphatic rings. The van der Waals surface area contributed by atoms with Crippen LogP contribution in [0.1, 0.15) is 44.1 Å². The SMILES string of the molecule is CC(c1ccncc1)C(Br)CCC1CCCO1. The molecule has 1 aromatic heterocycles. The van der Waals surface area contributed by atoms with Crippen molar-refractivity contribution in [3.05, 3.63) is 30.1 Å². The van der Waals surface area contributed by atoms with Crippen molar-refractivity contribution >= 4 is 15.9 Å². The number of halogens is 1. The summed E-state index contributed by atoms with van der Waals surface area (Å²) in [5, 5.41) is 0. The predicted octanol–water partition coefficient (Wildman–Crippen LogP) is 3.91. The van der Waals surface area contributed by atoms with E-state index in [2.05, 4.69) is 40.0 Å². The fourth-order valence-corrected chi connectivity index (χ4v) is 2.91. The minimum absolute atomic E-state index is 0.500. The van der Waals surface area contributed by atoms with Gasteiger partial charge in [-0.05, 0) is 49.3 Å². The Kier molecular flexibility index (Phi) is 4.99. The van der Waals surface area contributed by atoms with Crippen molar-refractivity contribution in [1.29, 1.82) is 0 Å². The van der Waals surface area contributed by atoms with Crippen LogP contribution < -0.4 is 0 Å². The number of pyridine rings is 1. The van der Waals surface area contributed by atoms with Crippen molar-refractivity contribution in [1.82, 2.24) is 4.98 Å². The average Bonchev–Trinajstić information content (AvgIpc) is 2.89. The third-order valence-electron chi connectivity index (χ3n) is 3.56. The Morgan fingerprint density at radius 3 is 2.88 bits per heavy atom. The van der Waals surface area contributed by atoms with E-state index in [1.165, 1.54) is 31.2 Å². The van der Waals surface area contributed by atoms with E-state index in [0.29, 0.717) is 16.8 Å². The first-order valence-electron chi connectivity index (χ1n) is 6.43. The first kappa shape index (κ1) is 13.0. The van der Waals surface area contributed by atoms with E-state index in [1.807, 2.05) is 12.4 Å². The number of alkyl halides is 1. The van der Waals surface area contributed by atoms with Crippen molar-refractivity contribution in [3.8, 4) is 0 Å². The van der Waals surface area contributed by atoms with Crippen LogP contribution in [0.3, 0.4) is 0 Å². The highest BCUT2D eigenvalue weighted by Gasteiger charge is 2.20. The Labute approximate surface area is 112 Å². The molecule has 94 valence electrons. The molecule has 2 nitrogen and oxygen atoms in total. The summed E-state index contributed by atoms with van der Waals surface area (Å²) in [6.45, 7) is 3.22. The van der Waals surface area contributed by atoms with E-state index < -0.39 is 0 Å². The number of hydrogen-bond donors (Lipinski definition) is 0. The van der Waals surface area contributed by atoms with E-state index in [4.69, 9.17) is 4.74 Å². The summed E-state index contributed by atoms with van der Waals surface area (Å²) in [5.74, 6) is 0.527. The second-order valence-electron chi connectivity index (χ2n) is 4.80. The lowest BCUT2D eigenvalue weighted by Crippen LogP contribution is -2.13. The molecule has 0 aliphatic carbocycles. The highest BCUT2D eigenvalue weighted by atomic mass is 79.9. The summed E-state index contributed by atoms with van der Waals surface area (Å²) in [6, 6.07) is 4.20. The molecule has 3 atom stereocenters. The molecule has 3 unspecified atom stereocenters. The van der Waals surface area contributed by atoms with Crippen LogP contribution >= 0.6 is 15.9 Å². The Morgan fingerprint density at radius 1 is 1.47 bits per heavy atom. The molecule has 1 saturated heterocycles. The molecule has 1 aliphatic heterocycles. The molecule has 0 amide bonds. The second kappa shape index (κ2) is 6.50. The van der Waals surface area contributed by atoms with Gasteiger partial charge in [0.15, 0.2) is 0 Å². The standard InChI is InChI=1S/C14H20BrNO/c1-11(12-6-8-16-9-7-12)14(15)5-4-13-3-2-10-17-13/h6-9,11,13-14H,2-5,10H2,1H3. The number of rotatable bonds is 5. The summed E-state index contributed by atoms with van der Waals surface area (Å²) in [4.78, 5) is 4.58. The van der Waals surface area contributed by atoms with Crippen LogP contribution in [0.15, 0.2) is 24.5 Å². The molecule has 17 heavy (non-hydrogen) atoms. The third-order valence-corrected chi connectivity index (χ3v) is 4.81. The summed E-state index contributed by atoms with van der Waals surface area (Å²) < 4.78 is 5.66. The molecule has 0 bridgehead atoms.